The predicted octanol–water partition coefficient (Wildman–Crippen LogP) is 4.96. The highest BCUT2D eigenvalue weighted by atomic mass is 19.4. The van der Waals surface area contributed by atoms with Crippen molar-refractivity contribution in [1.82, 2.24) is 9.88 Å². The quantitative estimate of drug-likeness (QED) is 0.535. The Morgan fingerprint density at radius 2 is 1.50 bits per heavy atom. The normalized spacial score (nSPS) is 11.2. The van der Waals surface area contributed by atoms with Gasteiger partial charge in [0.1, 0.15) is 0 Å². The van der Waals surface area contributed by atoms with Crippen LogP contribution in [0.2, 0.25) is 0 Å². The van der Waals surface area contributed by atoms with E-state index in [2.05, 4.69) is 4.98 Å². The third-order valence-electron chi connectivity index (χ3n) is 4.89. The molecular weight excluding hydrogens is 421 g/mol. The number of aryl methyl sites for hydroxylation is 1. The number of aromatic nitrogens is 1. The first-order chi connectivity index (χ1) is 15.2. The monoisotopic (exact) mass is 442 g/mol. The Morgan fingerprint density at radius 3 is 2.03 bits per heavy atom. The van der Waals surface area contributed by atoms with Crippen molar-refractivity contribution in [1.29, 1.82) is 0 Å². The molecule has 0 aliphatic rings. The van der Waals surface area contributed by atoms with Gasteiger partial charge < -0.3 is 10.0 Å². The molecule has 166 valence electrons. The van der Waals surface area contributed by atoms with E-state index in [9.17, 15) is 22.8 Å². The molecule has 1 heterocycles. The molecule has 1 aromatic heterocycles. The third kappa shape index (κ3) is 6.41. The number of amides is 1. The molecule has 0 saturated heterocycles. The molecule has 0 spiro atoms. The highest BCUT2D eigenvalue weighted by molar-refractivity contribution is 5.87. The summed E-state index contributed by atoms with van der Waals surface area (Å²) in [4.78, 5) is 29.5. The summed E-state index contributed by atoms with van der Waals surface area (Å²) in [7, 11) is 0. The van der Waals surface area contributed by atoms with Gasteiger partial charge in [-0.25, -0.2) is 4.79 Å². The molecule has 0 aliphatic carbocycles. The fourth-order valence-electron chi connectivity index (χ4n) is 3.14. The van der Waals surface area contributed by atoms with Crippen LogP contribution in [-0.2, 0) is 30.5 Å². The average molecular weight is 442 g/mol. The summed E-state index contributed by atoms with van der Waals surface area (Å²) in [6.07, 6.45) is -3.39. The van der Waals surface area contributed by atoms with Gasteiger partial charge in [-0.05, 0) is 41.8 Å². The van der Waals surface area contributed by atoms with E-state index in [0.717, 1.165) is 23.4 Å². The summed E-state index contributed by atoms with van der Waals surface area (Å²) in [6, 6.07) is 17.9. The van der Waals surface area contributed by atoms with E-state index in [1.807, 2.05) is 30.3 Å². The molecule has 32 heavy (non-hydrogen) atoms. The van der Waals surface area contributed by atoms with Crippen molar-refractivity contribution in [2.75, 3.05) is 0 Å². The van der Waals surface area contributed by atoms with Gasteiger partial charge in [-0.1, -0.05) is 42.5 Å². The summed E-state index contributed by atoms with van der Waals surface area (Å²) in [5, 5.41) is 9.05. The van der Waals surface area contributed by atoms with E-state index < -0.39 is 17.7 Å². The van der Waals surface area contributed by atoms with Crippen LogP contribution in [-0.4, -0.2) is 26.9 Å². The number of carboxylic acid groups (broad SMARTS) is 1. The first-order valence-corrected chi connectivity index (χ1v) is 9.88. The number of carbonyl (C=O) groups is 2. The molecule has 0 fully saturated rings. The molecule has 5 nitrogen and oxygen atoms in total. The maximum absolute atomic E-state index is 13.0. The molecule has 3 rings (SSSR count). The zero-order valence-corrected chi connectivity index (χ0v) is 17.0. The minimum absolute atomic E-state index is 0.0818. The Labute approximate surface area is 183 Å². The van der Waals surface area contributed by atoms with Crippen molar-refractivity contribution >= 4 is 11.9 Å². The molecule has 1 amide bonds. The smallest absolute Gasteiger partial charge is 0.417 e. The standard InChI is InChI=1S/C24H21F3N2O3/c25-24(26,27)20-10-11-21(28-14-20)12-13-22(30)29(15-17-4-2-1-3-5-17)16-18-6-8-19(9-7-18)23(31)32/h1-11,14H,12-13,15-16H2,(H,31,32). The molecule has 8 heteroatoms. The second kappa shape index (κ2) is 10.1. The van der Waals surface area contributed by atoms with Gasteiger partial charge in [0.25, 0.3) is 0 Å². The highest BCUT2D eigenvalue weighted by Gasteiger charge is 2.30. The van der Waals surface area contributed by atoms with Crippen LogP contribution < -0.4 is 0 Å². The van der Waals surface area contributed by atoms with Gasteiger partial charge in [-0.15, -0.1) is 0 Å². The number of hydrogen-bond donors (Lipinski definition) is 1. The van der Waals surface area contributed by atoms with E-state index in [1.165, 1.54) is 18.2 Å². The number of alkyl halides is 3. The number of hydrogen-bond acceptors (Lipinski definition) is 3. The molecule has 3 aromatic rings. The second-order valence-electron chi connectivity index (χ2n) is 7.27. The maximum atomic E-state index is 13.0. The molecule has 0 unspecified atom stereocenters. The largest absolute Gasteiger partial charge is 0.478 e. The molecule has 1 N–H and O–H groups in total. The zero-order valence-electron chi connectivity index (χ0n) is 17.0. The first-order valence-electron chi connectivity index (χ1n) is 9.88. The summed E-state index contributed by atoms with van der Waals surface area (Å²) in [5.41, 5.74) is 1.42. The molecule has 0 saturated carbocycles. The highest BCUT2D eigenvalue weighted by Crippen LogP contribution is 2.28. The van der Waals surface area contributed by atoms with E-state index in [1.54, 1.807) is 17.0 Å². The van der Waals surface area contributed by atoms with E-state index in [-0.39, 0.29) is 30.9 Å². The summed E-state index contributed by atoms with van der Waals surface area (Å²) in [6.45, 7) is 0.620. The van der Waals surface area contributed by atoms with E-state index >= 15 is 0 Å². The average Bonchev–Trinajstić information content (AvgIpc) is 2.78. The van der Waals surface area contributed by atoms with Crippen LogP contribution in [0.25, 0.3) is 0 Å². The van der Waals surface area contributed by atoms with Crippen LogP contribution in [0.15, 0.2) is 72.9 Å². The minimum atomic E-state index is -4.45. The number of aromatic carboxylic acids is 1. The van der Waals surface area contributed by atoms with Crippen LogP contribution in [0.5, 0.6) is 0 Å². The Morgan fingerprint density at radius 1 is 0.875 bits per heavy atom. The molecule has 0 aliphatic heterocycles. The van der Waals surface area contributed by atoms with Crippen LogP contribution in [0.3, 0.4) is 0 Å². The van der Waals surface area contributed by atoms with Crippen LogP contribution in [0.4, 0.5) is 13.2 Å². The van der Waals surface area contributed by atoms with Gasteiger partial charge in [0, 0.05) is 31.4 Å². The Balaban J connectivity index is 1.70. The number of benzene rings is 2. The van der Waals surface area contributed by atoms with Crippen molar-refractivity contribution in [3.63, 3.8) is 0 Å². The SMILES string of the molecule is O=C(O)c1ccc(CN(Cc2ccccc2)C(=O)CCc2ccc(C(F)(F)F)cn2)cc1. The fraction of sp³-hybridized carbons (Fsp3) is 0.208. The Hall–Kier alpha value is -3.68. The maximum Gasteiger partial charge on any atom is 0.417 e. The topological polar surface area (TPSA) is 70.5 Å². The molecule has 2 aromatic carbocycles. The van der Waals surface area contributed by atoms with Crippen LogP contribution in [0.1, 0.15) is 39.2 Å². The van der Waals surface area contributed by atoms with Gasteiger partial charge in [0.2, 0.25) is 5.91 Å². The number of halogens is 3. The number of rotatable bonds is 8. The number of carbonyl (C=O) groups excluding carboxylic acids is 1. The molecule has 0 radical (unpaired) electrons. The van der Waals surface area contributed by atoms with Crippen molar-refractivity contribution < 1.29 is 27.9 Å². The lowest BCUT2D eigenvalue weighted by atomic mass is 10.1. The Bertz CT molecular complexity index is 1050. The molecular formula is C24H21F3N2O3. The summed E-state index contributed by atoms with van der Waals surface area (Å²) in [5.74, 6) is -1.21. The Kier molecular flexibility index (Phi) is 7.25. The van der Waals surface area contributed by atoms with E-state index in [4.69, 9.17) is 5.11 Å². The number of nitrogens with zero attached hydrogens (tertiary/aromatic N) is 2. The number of carboxylic acids is 1. The minimum Gasteiger partial charge on any atom is -0.478 e. The van der Waals surface area contributed by atoms with Crippen molar-refractivity contribution in [2.24, 2.45) is 0 Å². The van der Waals surface area contributed by atoms with Crippen molar-refractivity contribution in [2.45, 2.75) is 32.1 Å². The number of pyridine rings is 1. The van der Waals surface area contributed by atoms with Crippen LogP contribution in [0, 0.1) is 0 Å². The molecule has 0 bridgehead atoms. The fourth-order valence-corrected chi connectivity index (χ4v) is 3.14. The summed E-state index contributed by atoms with van der Waals surface area (Å²) < 4.78 is 38.1. The van der Waals surface area contributed by atoms with Gasteiger partial charge in [-0.2, -0.15) is 13.2 Å². The zero-order chi connectivity index (χ0) is 23.1. The van der Waals surface area contributed by atoms with Gasteiger partial charge in [0.15, 0.2) is 0 Å². The molecule has 0 atom stereocenters. The van der Waals surface area contributed by atoms with Gasteiger partial charge in [0.05, 0.1) is 11.1 Å². The second-order valence-corrected chi connectivity index (χ2v) is 7.27. The van der Waals surface area contributed by atoms with Crippen molar-refractivity contribution in [3.8, 4) is 0 Å². The van der Waals surface area contributed by atoms with E-state index in [0.29, 0.717) is 12.2 Å². The van der Waals surface area contributed by atoms with Crippen molar-refractivity contribution in [3.05, 3.63) is 101 Å². The first kappa shape index (κ1) is 23.0. The lowest BCUT2D eigenvalue weighted by Gasteiger charge is -2.23. The van der Waals surface area contributed by atoms with Gasteiger partial charge in [-0.3, -0.25) is 9.78 Å². The summed E-state index contributed by atoms with van der Waals surface area (Å²) >= 11 is 0. The van der Waals surface area contributed by atoms with Crippen LogP contribution >= 0.6 is 0 Å². The lowest BCUT2D eigenvalue weighted by Crippen LogP contribution is -2.30. The third-order valence-corrected chi connectivity index (χ3v) is 4.89. The lowest BCUT2D eigenvalue weighted by molar-refractivity contribution is -0.138. The van der Waals surface area contributed by atoms with Gasteiger partial charge >= 0.3 is 12.1 Å². The predicted molar refractivity (Wildman–Crippen MR) is 112 cm³/mol.